The molecule has 0 aliphatic rings. The number of carbonyl (C=O) groups excluding carboxylic acids is 3. The van der Waals surface area contributed by atoms with E-state index in [0.29, 0.717) is 9.90 Å². The zero-order chi connectivity index (χ0) is 15.9. The number of nitrogens with one attached hydrogen (secondary N) is 1. The highest BCUT2D eigenvalue weighted by Crippen LogP contribution is 2.10. The molecule has 0 spiro atoms. The molecular formula is C15H12ClNO4S. The Bertz CT molecular complexity index is 667. The maximum atomic E-state index is 11.6. The summed E-state index contributed by atoms with van der Waals surface area (Å²) in [6.07, 6.45) is 0.0311. The first-order valence-corrected chi connectivity index (χ1v) is 7.58. The quantitative estimate of drug-likeness (QED) is 0.851. The van der Waals surface area contributed by atoms with Gasteiger partial charge in [-0.25, -0.2) is 0 Å². The maximum absolute atomic E-state index is 11.6. The largest absolute Gasteiger partial charge is 0.455 e. The number of benzene rings is 1. The number of thiophene rings is 1. The first-order chi connectivity index (χ1) is 10.5. The van der Waals surface area contributed by atoms with E-state index in [1.54, 1.807) is 41.8 Å². The van der Waals surface area contributed by atoms with Gasteiger partial charge in [0.2, 0.25) is 0 Å². The molecule has 1 heterocycles. The maximum Gasteiger partial charge on any atom is 0.310 e. The van der Waals surface area contributed by atoms with Crippen LogP contribution in [0.3, 0.4) is 0 Å². The fourth-order valence-corrected chi connectivity index (χ4v) is 2.34. The molecule has 1 N–H and O–H groups in total. The van der Waals surface area contributed by atoms with Crippen LogP contribution in [0.15, 0.2) is 41.8 Å². The van der Waals surface area contributed by atoms with E-state index < -0.39 is 24.4 Å². The van der Waals surface area contributed by atoms with E-state index in [1.807, 2.05) is 0 Å². The van der Waals surface area contributed by atoms with Gasteiger partial charge in [-0.3, -0.25) is 19.7 Å². The molecule has 0 atom stereocenters. The van der Waals surface area contributed by atoms with Gasteiger partial charge in [-0.2, -0.15) is 0 Å². The van der Waals surface area contributed by atoms with Crippen LogP contribution in [0, 0.1) is 0 Å². The topological polar surface area (TPSA) is 72.5 Å². The molecule has 1 aromatic carbocycles. The lowest BCUT2D eigenvalue weighted by Crippen LogP contribution is -2.33. The Morgan fingerprint density at radius 1 is 1.14 bits per heavy atom. The molecule has 0 unspecified atom stereocenters. The molecule has 5 nitrogen and oxygen atoms in total. The second-order valence-electron chi connectivity index (χ2n) is 4.32. The minimum atomic E-state index is -0.664. The zero-order valence-corrected chi connectivity index (χ0v) is 12.9. The number of hydrogen-bond donors (Lipinski definition) is 1. The predicted molar refractivity (Wildman–Crippen MR) is 82.9 cm³/mol. The molecular weight excluding hydrogens is 326 g/mol. The van der Waals surface area contributed by atoms with Gasteiger partial charge in [0.05, 0.1) is 11.3 Å². The van der Waals surface area contributed by atoms with Gasteiger partial charge < -0.3 is 4.74 Å². The summed E-state index contributed by atoms with van der Waals surface area (Å²) in [4.78, 5) is 35.2. The Morgan fingerprint density at radius 3 is 2.50 bits per heavy atom. The minimum absolute atomic E-state index is 0.0311. The monoisotopic (exact) mass is 337 g/mol. The molecule has 1 aromatic heterocycles. The molecule has 114 valence electrons. The van der Waals surface area contributed by atoms with Gasteiger partial charge in [-0.1, -0.05) is 29.8 Å². The number of amides is 2. The summed E-state index contributed by atoms with van der Waals surface area (Å²) in [6.45, 7) is -0.496. The lowest BCUT2D eigenvalue weighted by atomic mass is 10.1. The van der Waals surface area contributed by atoms with E-state index >= 15 is 0 Å². The first kappa shape index (κ1) is 16.2. The minimum Gasteiger partial charge on any atom is -0.455 e. The van der Waals surface area contributed by atoms with Gasteiger partial charge in [0, 0.05) is 5.02 Å². The Labute approximate surface area is 135 Å². The van der Waals surface area contributed by atoms with Crippen LogP contribution in [-0.2, 0) is 20.7 Å². The molecule has 0 bridgehead atoms. The van der Waals surface area contributed by atoms with Gasteiger partial charge in [0.25, 0.3) is 11.8 Å². The SMILES string of the molecule is O=C(COC(=O)Cc1ccc(Cl)cc1)NC(=O)c1cccs1. The molecule has 0 aliphatic carbocycles. The van der Waals surface area contributed by atoms with Crippen LogP contribution in [0.5, 0.6) is 0 Å². The standard InChI is InChI=1S/C15H12ClNO4S/c16-11-5-3-10(4-6-11)8-14(19)21-9-13(18)17-15(20)12-2-1-7-22-12/h1-7H,8-9H2,(H,17,18,20). The van der Waals surface area contributed by atoms with Crippen LogP contribution >= 0.6 is 22.9 Å². The van der Waals surface area contributed by atoms with Crippen LogP contribution < -0.4 is 5.32 Å². The molecule has 2 amide bonds. The van der Waals surface area contributed by atoms with Crippen LogP contribution in [0.1, 0.15) is 15.2 Å². The van der Waals surface area contributed by atoms with Gasteiger partial charge in [0.15, 0.2) is 6.61 Å². The third-order valence-electron chi connectivity index (χ3n) is 2.62. The normalized spacial score (nSPS) is 10.0. The van der Waals surface area contributed by atoms with Crippen molar-refractivity contribution in [3.8, 4) is 0 Å². The van der Waals surface area contributed by atoms with Crippen molar-refractivity contribution in [1.29, 1.82) is 0 Å². The Kier molecular flexibility index (Phi) is 5.68. The van der Waals surface area contributed by atoms with Crippen molar-refractivity contribution in [3.05, 3.63) is 57.2 Å². The highest BCUT2D eigenvalue weighted by molar-refractivity contribution is 7.12. The third-order valence-corrected chi connectivity index (χ3v) is 3.74. The number of halogens is 1. The average molecular weight is 338 g/mol. The van der Waals surface area contributed by atoms with E-state index in [1.165, 1.54) is 11.3 Å². The van der Waals surface area contributed by atoms with Crippen molar-refractivity contribution in [3.63, 3.8) is 0 Å². The molecule has 7 heteroatoms. The lowest BCUT2D eigenvalue weighted by Gasteiger charge is -2.05. The third kappa shape index (κ3) is 4.98. The van der Waals surface area contributed by atoms with E-state index in [9.17, 15) is 14.4 Å². The summed E-state index contributed by atoms with van der Waals surface area (Å²) in [5, 5.41) is 4.45. The Balaban J connectivity index is 1.75. The van der Waals surface area contributed by atoms with Crippen LogP contribution in [-0.4, -0.2) is 24.4 Å². The number of esters is 1. The van der Waals surface area contributed by atoms with Gasteiger partial charge in [0.1, 0.15) is 0 Å². The van der Waals surface area contributed by atoms with Crippen LogP contribution in [0.2, 0.25) is 5.02 Å². The Hall–Kier alpha value is -2.18. The fraction of sp³-hybridized carbons (Fsp3) is 0.133. The van der Waals surface area contributed by atoms with Crippen molar-refractivity contribution in [1.82, 2.24) is 5.32 Å². The number of hydrogen-bond acceptors (Lipinski definition) is 5. The van der Waals surface area contributed by atoms with Crippen molar-refractivity contribution in [2.45, 2.75) is 6.42 Å². The van der Waals surface area contributed by atoms with Gasteiger partial charge in [-0.05, 0) is 29.1 Å². The van der Waals surface area contributed by atoms with E-state index in [0.717, 1.165) is 5.56 Å². The molecule has 0 aliphatic heterocycles. The molecule has 0 fully saturated rings. The Morgan fingerprint density at radius 2 is 1.86 bits per heavy atom. The summed E-state index contributed by atoms with van der Waals surface area (Å²) in [6, 6.07) is 10.0. The number of carbonyl (C=O) groups is 3. The van der Waals surface area contributed by atoms with E-state index in [4.69, 9.17) is 16.3 Å². The summed E-state index contributed by atoms with van der Waals surface area (Å²) in [7, 11) is 0. The molecule has 2 rings (SSSR count). The second-order valence-corrected chi connectivity index (χ2v) is 5.70. The van der Waals surface area contributed by atoms with Gasteiger partial charge in [-0.15, -0.1) is 11.3 Å². The van der Waals surface area contributed by atoms with Crippen molar-refractivity contribution >= 4 is 40.7 Å². The number of imide groups is 1. The highest BCUT2D eigenvalue weighted by Gasteiger charge is 2.13. The van der Waals surface area contributed by atoms with E-state index in [2.05, 4.69) is 5.32 Å². The van der Waals surface area contributed by atoms with E-state index in [-0.39, 0.29) is 6.42 Å². The fourth-order valence-electron chi connectivity index (χ4n) is 1.60. The molecule has 0 radical (unpaired) electrons. The zero-order valence-electron chi connectivity index (χ0n) is 11.4. The van der Waals surface area contributed by atoms with Crippen molar-refractivity contribution < 1.29 is 19.1 Å². The number of ether oxygens (including phenoxy) is 1. The predicted octanol–water partition coefficient (Wildman–Crippen LogP) is 2.44. The second kappa shape index (κ2) is 7.72. The van der Waals surface area contributed by atoms with Crippen molar-refractivity contribution in [2.75, 3.05) is 6.61 Å². The van der Waals surface area contributed by atoms with Crippen molar-refractivity contribution in [2.24, 2.45) is 0 Å². The first-order valence-electron chi connectivity index (χ1n) is 6.32. The summed E-state index contributed by atoms with van der Waals surface area (Å²) in [5.41, 5.74) is 0.726. The average Bonchev–Trinajstić information content (AvgIpc) is 3.02. The summed E-state index contributed by atoms with van der Waals surface area (Å²) >= 11 is 6.96. The smallest absolute Gasteiger partial charge is 0.310 e. The molecule has 22 heavy (non-hydrogen) atoms. The van der Waals surface area contributed by atoms with Gasteiger partial charge >= 0.3 is 5.97 Å². The summed E-state index contributed by atoms with van der Waals surface area (Å²) < 4.78 is 4.82. The van der Waals surface area contributed by atoms with Crippen LogP contribution in [0.25, 0.3) is 0 Å². The highest BCUT2D eigenvalue weighted by atomic mass is 35.5. The number of rotatable bonds is 5. The molecule has 2 aromatic rings. The molecule has 0 saturated heterocycles. The summed E-state index contributed by atoms with van der Waals surface area (Å²) in [5.74, 6) is -1.72. The van der Waals surface area contributed by atoms with Crippen LogP contribution in [0.4, 0.5) is 0 Å². The lowest BCUT2D eigenvalue weighted by molar-refractivity contribution is -0.147. The molecule has 0 saturated carbocycles.